The zero-order valence-corrected chi connectivity index (χ0v) is 8.51. The molecule has 0 aromatic carbocycles. The molecular weight excluding hydrogens is 234 g/mol. The molecule has 2 atom stereocenters. The van der Waals surface area contributed by atoms with Crippen molar-refractivity contribution in [2.24, 2.45) is 0 Å². The van der Waals surface area contributed by atoms with Gasteiger partial charge in [-0.3, -0.25) is 4.18 Å². The fraction of sp³-hybridized carbons (Fsp3) is 1.00. The van der Waals surface area contributed by atoms with E-state index in [0.717, 1.165) is 0 Å². The molecule has 1 aliphatic rings. The van der Waals surface area contributed by atoms with Crippen LogP contribution in [-0.2, 0) is 14.3 Å². The van der Waals surface area contributed by atoms with Crippen LogP contribution in [0.4, 0.5) is 0 Å². The highest BCUT2D eigenvalue weighted by Crippen LogP contribution is 2.42. The van der Waals surface area contributed by atoms with Gasteiger partial charge in [0.25, 0.3) is 10.1 Å². The maximum Gasteiger partial charge on any atom is 0.273 e. The molecule has 66 valence electrons. The molecule has 0 spiro atoms. The molecule has 0 aromatic rings. The van der Waals surface area contributed by atoms with Gasteiger partial charge in [-0.2, -0.15) is 8.42 Å². The average molecular weight is 240 g/mol. The molecule has 0 aromatic heterocycles. The summed E-state index contributed by atoms with van der Waals surface area (Å²) in [6.07, 6.45) is -0.850. The second-order valence-corrected chi connectivity index (χ2v) is 6.55. The Labute approximate surface area is 79.7 Å². The summed E-state index contributed by atoms with van der Waals surface area (Å²) in [5.74, 6) is 0. The molecule has 0 amide bonds. The third-order valence-corrected chi connectivity index (χ3v) is 3.72. The van der Waals surface area contributed by atoms with E-state index < -0.39 is 25.3 Å². The first-order valence-corrected chi connectivity index (χ1v) is 5.34. The van der Waals surface area contributed by atoms with Crippen molar-refractivity contribution in [2.75, 3.05) is 0 Å². The van der Waals surface area contributed by atoms with Gasteiger partial charge in [0.1, 0.15) is 11.4 Å². The molecule has 1 heterocycles. The summed E-state index contributed by atoms with van der Waals surface area (Å²) in [7, 11) is -3.45. The van der Waals surface area contributed by atoms with Gasteiger partial charge in [0, 0.05) is 0 Å². The molecule has 1 saturated heterocycles. The number of alkyl halides is 3. The van der Waals surface area contributed by atoms with Gasteiger partial charge in [0.05, 0.1) is 0 Å². The normalized spacial score (nSPS) is 36.4. The molecule has 0 radical (unpaired) electrons. The first kappa shape index (κ1) is 9.86. The molecule has 1 fully saturated rings. The van der Waals surface area contributed by atoms with E-state index in [1.54, 1.807) is 0 Å². The third-order valence-electron chi connectivity index (χ3n) is 1.44. The van der Waals surface area contributed by atoms with Crippen molar-refractivity contribution >= 4 is 44.9 Å². The number of halogens is 3. The Bertz CT molecular complexity index is 254. The lowest BCUT2D eigenvalue weighted by molar-refractivity contribution is 0.148. The average Bonchev–Trinajstić information content (AvgIpc) is 1.80. The van der Waals surface area contributed by atoms with E-state index in [9.17, 15) is 8.42 Å². The van der Waals surface area contributed by atoms with Gasteiger partial charge >= 0.3 is 0 Å². The van der Waals surface area contributed by atoms with Gasteiger partial charge < -0.3 is 0 Å². The first-order chi connectivity index (χ1) is 4.75. The van der Waals surface area contributed by atoms with E-state index in [1.807, 2.05) is 0 Å². The van der Waals surface area contributed by atoms with E-state index in [1.165, 1.54) is 6.92 Å². The van der Waals surface area contributed by atoms with Crippen molar-refractivity contribution in [2.45, 2.75) is 22.1 Å². The van der Waals surface area contributed by atoms with Crippen LogP contribution < -0.4 is 0 Å². The summed E-state index contributed by atoms with van der Waals surface area (Å²) < 4.78 is 24.1. The van der Waals surface area contributed by atoms with Crippen molar-refractivity contribution < 1.29 is 12.6 Å². The summed E-state index contributed by atoms with van der Waals surface area (Å²) in [6, 6.07) is 0. The zero-order valence-electron chi connectivity index (χ0n) is 5.42. The summed E-state index contributed by atoms with van der Waals surface area (Å²) in [5, 5.41) is -0.741. The minimum atomic E-state index is -3.45. The maximum absolute atomic E-state index is 10.7. The summed E-state index contributed by atoms with van der Waals surface area (Å²) in [4.78, 5) is 0. The van der Waals surface area contributed by atoms with Crippen molar-refractivity contribution in [1.82, 2.24) is 0 Å². The summed E-state index contributed by atoms with van der Waals surface area (Å²) in [6.45, 7) is 1.44. The highest BCUT2D eigenvalue weighted by atomic mass is 35.6. The molecule has 2 unspecified atom stereocenters. The Kier molecular flexibility index (Phi) is 2.36. The Balaban J connectivity index is 2.74. The first-order valence-electron chi connectivity index (χ1n) is 2.74. The van der Waals surface area contributed by atoms with Gasteiger partial charge in [-0.25, -0.2) is 0 Å². The van der Waals surface area contributed by atoms with Gasteiger partial charge in [-0.05, 0) is 6.92 Å². The van der Waals surface area contributed by atoms with Crippen LogP contribution in [0.25, 0.3) is 0 Å². The number of rotatable bonds is 0. The second kappa shape index (κ2) is 2.64. The van der Waals surface area contributed by atoms with Crippen LogP contribution in [0.15, 0.2) is 0 Å². The van der Waals surface area contributed by atoms with Crippen LogP contribution in [0, 0.1) is 0 Å². The lowest BCUT2D eigenvalue weighted by Gasteiger charge is -2.37. The summed E-state index contributed by atoms with van der Waals surface area (Å²) >= 11 is 16.2. The molecule has 0 saturated carbocycles. The van der Waals surface area contributed by atoms with E-state index in [-0.39, 0.29) is 0 Å². The van der Waals surface area contributed by atoms with E-state index >= 15 is 0 Å². The van der Waals surface area contributed by atoms with E-state index in [2.05, 4.69) is 4.18 Å². The van der Waals surface area contributed by atoms with Crippen LogP contribution in [-0.4, -0.2) is 23.6 Å². The van der Waals surface area contributed by atoms with Crippen LogP contribution in [0.5, 0.6) is 0 Å². The summed E-state index contributed by atoms with van der Waals surface area (Å²) in [5.41, 5.74) is 0. The minimum Gasteiger partial charge on any atom is -0.260 e. The largest absolute Gasteiger partial charge is 0.273 e. The predicted molar refractivity (Wildman–Crippen MR) is 43.5 cm³/mol. The van der Waals surface area contributed by atoms with E-state index in [4.69, 9.17) is 34.8 Å². The molecular formula is C4H5Cl3O3S. The highest BCUT2D eigenvalue weighted by molar-refractivity contribution is 7.88. The van der Waals surface area contributed by atoms with Crippen molar-refractivity contribution in [3.8, 4) is 0 Å². The zero-order chi connectivity index (χ0) is 8.86. The number of hydrogen-bond donors (Lipinski definition) is 0. The Morgan fingerprint density at radius 3 is 1.91 bits per heavy atom. The number of hydrogen-bond acceptors (Lipinski definition) is 3. The van der Waals surface area contributed by atoms with Gasteiger partial charge in [-0.1, -0.05) is 34.8 Å². The molecule has 0 bridgehead atoms. The standard InChI is InChI=1S/C4H5Cl3O3S/c1-2-3(4(5,6)7)10-11(2,8)9/h2-3H,1H3. The quantitative estimate of drug-likeness (QED) is 0.475. The fourth-order valence-electron chi connectivity index (χ4n) is 0.728. The molecule has 3 nitrogen and oxygen atoms in total. The van der Waals surface area contributed by atoms with Crippen LogP contribution >= 0.6 is 34.8 Å². The SMILES string of the molecule is CC1C(C(Cl)(Cl)Cl)OS1(=O)=O. The van der Waals surface area contributed by atoms with Gasteiger partial charge in [0.15, 0.2) is 0 Å². The lowest BCUT2D eigenvalue weighted by atomic mass is 10.3. The topological polar surface area (TPSA) is 43.4 Å². The van der Waals surface area contributed by atoms with Gasteiger partial charge in [-0.15, -0.1) is 0 Å². The van der Waals surface area contributed by atoms with Crippen LogP contribution in [0.2, 0.25) is 0 Å². The lowest BCUT2D eigenvalue weighted by Crippen LogP contribution is -2.54. The predicted octanol–water partition coefficient (Wildman–Crippen LogP) is 1.47. The van der Waals surface area contributed by atoms with Gasteiger partial charge in [0.2, 0.25) is 3.79 Å². The second-order valence-electron chi connectivity index (χ2n) is 2.26. The Hall–Kier alpha value is 0.780. The molecule has 0 aliphatic carbocycles. The molecule has 1 aliphatic heterocycles. The van der Waals surface area contributed by atoms with Crippen molar-refractivity contribution in [3.63, 3.8) is 0 Å². The maximum atomic E-state index is 10.7. The highest BCUT2D eigenvalue weighted by Gasteiger charge is 2.54. The molecule has 0 N–H and O–H groups in total. The fourth-order valence-corrected chi connectivity index (χ4v) is 2.98. The van der Waals surface area contributed by atoms with Crippen molar-refractivity contribution in [3.05, 3.63) is 0 Å². The minimum absolute atomic E-state index is 0.741. The molecule has 11 heavy (non-hydrogen) atoms. The third kappa shape index (κ3) is 1.75. The molecule has 1 rings (SSSR count). The Morgan fingerprint density at radius 1 is 1.36 bits per heavy atom. The smallest absolute Gasteiger partial charge is 0.260 e. The Morgan fingerprint density at radius 2 is 1.82 bits per heavy atom. The monoisotopic (exact) mass is 238 g/mol. The van der Waals surface area contributed by atoms with Crippen LogP contribution in [0.3, 0.4) is 0 Å². The van der Waals surface area contributed by atoms with E-state index in [0.29, 0.717) is 0 Å². The van der Waals surface area contributed by atoms with Crippen LogP contribution in [0.1, 0.15) is 6.92 Å². The van der Waals surface area contributed by atoms with Crippen molar-refractivity contribution in [1.29, 1.82) is 0 Å². The molecule has 7 heteroatoms.